The summed E-state index contributed by atoms with van der Waals surface area (Å²) in [6.45, 7) is 1.25. The summed E-state index contributed by atoms with van der Waals surface area (Å²) in [5.74, 6) is -0.477. The Hall–Kier alpha value is -1.88. The van der Waals surface area contributed by atoms with E-state index in [4.69, 9.17) is 4.74 Å². The number of amides is 2. The van der Waals surface area contributed by atoms with Crippen LogP contribution in [0.4, 0.5) is 5.69 Å². The summed E-state index contributed by atoms with van der Waals surface area (Å²) in [5, 5.41) is 2.75. The van der Waals surface area contributed by atoms with Gasteiger partial charge in [-0.25, -0.2) is 0 Å². The highest BCUT2D eigenvalue weighted by molar-refractivity contribution is 6.04. The third kappa shape index (κ3) is 4.06. The van der Waals surface area contributed by atoms with Gasteiger partial charge in [0.25, 0.3) is 0 Å². The quantitative estimate of drug-likeness (QED) is 0.826. The van der Waals surface area contributed by atoms with Crippen LogP contribution in [-0.2, 0) is 14.3 Å². The van der Waals surface area contributed by atoms with Crippen molar-refractivity contribution in [2.24, 2.45) is 0 Å². The molecule has 0 spiro atoms. The van der Waals surface area contributed by atoms with E-state index < -0.39 is 0 Å². The maximum absolute atomic E-state index is 12.0. The lowest BCUT2D eigenvalue weighted by Gasteiger charge is -2.17. The number of hydrogen-bond donors (Lipinski definition) is 1. The predicted octanol–water partition coefficient (Wildman–Crippen LogP) is 1.33. The van der Waals surface area contributed by atoms with E-state index >= 15 is 0 Å². The Morgan fingerprint density at radius 1 is 1.35 bits per heavy atom. The van der Waals surface area contributed by atoms with Crippen molar-refractivity contribution in [3.05, 3.63) is 30.3 Å². The van der Waals surface area contributed by atoms with E-state index in [1.807, 2.05) is 30.3 Å². The van der Waals surface area contributed by atoms with Crippen LogP contribution < -0.4 is 10.2 Å². The predicted molar refractivity (Wildman–Crippen MR) is 76.5 cm³/mol. The second kappa shape index (κ2) is 7.05. The second-order valence-electron chi connectivity index (χ2n) is 4.90. The molecular weight excluding hydrogens is 256 g/mol. The van der Waals surface area contributed by atoms with E-state index in [1.165, 1.54) is 4.90 Å². The van der Waals surface area contributed by atoms with Crippen molar-refractivity contribution in [2.45, 2.75) is 25.4 Å². The van der Waals surface area contributed by atoms with Gasteiger partial charge in [0.2, 0.25) is 11.8 Å². The normalized spacial score (nSPS) is 17.8. The highest BCUT2D eigenvalue weighted by Gasteiger charge is 2.18. The largest absolute Gasteiger partial charge is 0.376 e. The van der Waals surface area contributed by atoms with Gasteiger partial charge < -0.3 is 15.0 Å². The van der Waals surface area contributed by atoms with E-state index in [1.54, 1.807) is 7.05 Å². The first-order valence-electron chi connectivity index (χ1n) is 6.86. The molecule has 1 saturated heterocycles. The molecule has 1 aromatic carbocycles. The Balaban J connectivity index is 1.77. The third-order valence-electron chi connectivity index (χ3n) is 3.38. The van der Waals surface area contributed by atoms with Crippen LogP contribution in [0, 0.1) is 0 Å². The van der Waals surface area contributed by atoms with E-state index in [9.17, 15) is 9.59 Å². The molecule has 1 N–H and O–H groups in total. The van der Waals surface area contributed by atoms with Crippen LogP contribution in [-0.4, -0.2) is 38.1 Å². The minimum atomic E-state index is -0.256. The molecule has 2 amide bonds. The number of benzene rings is 1. The molecule has 1 aromatic rings. The van der Waals surface area contributed by atoms with Gasteiger partial charge in [0, 0.05) is 25.9 Å². The molecule has 1 aliphatic heterocycles. The van der Waals surface area contributed by atoms with Gasteiger partial charge in [-0.1, -0.05) is 18.2 Å². The first kappa shape index (κ1) is 14.5. The van der Waals surface area contributed by atoms with Crippen LogP contribution >= 0.6 is 0 Å². The molecule has 1 unspecified atom stereocenters. The highest BCUT2D eigenvalue weighted by atomic mass is 16.5. The minimum absolute atomic E-state index is 0.0981. The summed E-state index contributed by atoms with van der Waals surface area (Å²) in [6, 6.07) is 9.27. The summed E-state index contributed by atoms with van der Waals surface area (Å²) in [6.07, 6.45) is 1.97. The number of carbonyl (C=O) groups is 2. The van der Waals surface area contributed by atoms with Crippen molar-refractivity contribution in [1.29, 1.82) is 0 Å². The lowest BCUT2D eigenvalue weighted by atomic mass is 10.2. The van der Waals surface area contributed by atoms with Crippen LogP contribution in [0.5, 0.6) is 0 Å². The fraction of sp³-hybridized carbons (Fsp3) is 0.467. The number of nitrogens with zero attached hydrogens (tertiary/aromatic N) is 1. The molecule has 108 valence electrons. The SMILES string of the molecule is CN(C(=O)CC(=O)NCC1CCCO1)c1ccccc1. The topological polar surface area (TPSA) is 58.6 Å². The standard InChI is InChI=1S/C15H20N2O3/c1-17(12-6-3-2-4-7-12)15(19)10-14(18)16-11-13-8-5-9-20-13/h2-4,6-7,13H,5,8-11H2,1H3,(H,16,18). The van der Waals surface area contributed by atoms with E-state index in [0.29, 0.717) is 6.54 Å². The number of hydrogen-bond acceptors (Lipinski definition) is 3. The first-order valence-corrected chi connectivity index (χ1v) is 6.86. The van der Waals surface area contributed by atoms with Gasteiger partial charge >= 0.3 is 0 Å². The number of anilines is 1. The molecule has 0 radical (unpaired) electrons. The van der Waals surface area contributed by atoms with Crippen LogP contribution in [0.2, 0.25) is 0 Å². The summed E-state index contributed by atoms with van der Waals surface area (Å²) in [4.78, 5) is 25.2. The third-order valence-corrected chi connectivity index (χ3v) is 3.38. The molecule has 1 heterocycles. The van der Waals surface area contributed by atoms with Crippen molar-refractivity contribution >= 4 is 17.5 Å². The Morgan fingerprint density at radius 2 is 2.10 bits per heavy atom. The van der Waals surface area contributed by atoms with E-state index in [2.05, 4.69) is 5.32 Å². The minimum Gasteiger partial charge on any atom is -0.376 e. The number of carbonyl (C=O) groups excluding carboxylic acids is 2. The summed E-state index contributed by atoms with van der Waals surface area (Å²) < 4.78 is 5.42. The molecule has 1 aliphatic rings. The van der Waals surface area contributed by atoms with Gasteiger partial charge in [-0.2, -0.15) is 0 Å². The van der Waals surface area contributed by atoms with Gasteiger partial charge in [0.1, 0.15) is 6.42 Å². The Labute approximate surface area is 118 Å². The van der Waals surface area contributed by atoms with Gasteiger partial charge in [-0.15, -0.1) is 0 Å². The number of para-hydroxylation sites is 1. The second-order valence-corrected chi connectivity index (χ2v) is 4.90. The lowest BCUT2D eigenvalue weighted by molar-refractivity contribution is -0.128. The van der Waals surface area contributed by atoms with Crippen molar-refractivity contribution in [1.82, 2.24) is 5.32 Å². The van der Waals surface area contributed by atoms with Crippen molar-refractivity contribution in [2.75, 3.05) is 25.1 Å². The van der Waals surface area contributed by atoms with E-state index in [-0.39, 0.29) is 24.3 Å². The van der Waals surface area contributed by atoms with Crippen molar-refractivity contribution in [3.63, 3.8) is 0 Å². The molecule has 0 saturated carbocycles. The molecule has 1 fully saturated rings. The van der Waals surface area contributed by atoms with Crippen molar-refractivity contribution in [3.8, 4) is 0 Å². The zero-order chi connectivity index (χ0) is 14.4. The summed E-state index contributed by atoms with van der Waals surface area (Å²) >= 11 is 0. The summed E-state index contributed by atoms with van der Waals surface area (Å²) in [7, 11) is 1.67. The Kier molecular flexibility index (Phi) is 5.12. The summed E-state index contributed by atoms with van der Waals surface area (Å²) in [5.41, 5.74) is 0.782. The van der Waals surface area contributed by atoms with Crippen LogP contribution in [0.3, 0.4) is 0 Å². The highest BCUT2D eigenvalue weighted by Crippen LogP contribution is 2.12. The first-order chi connectivity index (χ1) is 9.66. The monoisotopic (exact) mass is 276 g/mol. The number of ether oxygens (including phenoxy) is 1. The smallest absolute Gasteiger partial charge is 0.236 e. The number of rotatable bonds is 5. The molecule has 1 atom stereocenters. The van der Waals surface area contributed by atoms with Gasteiger partial charge in [0.05, 0.1) is 6.10 Å². The molecule has 20 heavy (non-hydrogen) atoms. The van der Waals surface area contributed by atoms with Crippen molar-refractivity contribution < 1.29 is 14.3 Å². The van der Waals surface area contributed by atoms with Crippen LogP contribution in [0.25, 0.3) is 0 Å². The molecule has 2 rings (SSSR count). The Morgan fingerprint density at radius 3 is 2.75 bits per heavy atom. The van der Waals surface area contributed by atoms with Gasteiger partial charge in [-0.3, -0.25) is 9.59 Å². The van der Waals surface area contributed by atoms with E-state index in [0.717, 1.165) is 25.1 Å². The molecular formula is C15H20N2O3. The molecule has 5 heteroatoms. The van der Waals surface area contributed by atoms with Crippen LogP contribution in [0.1, 0.15) is 19.3 Å². The lowest BCUT2D eigenvalue weighted by Crippen LogP contribution is -2.36. The average molecular weight is 276 g/mol. The molecule has 5 nitrogen and oxygen atoms in total. The maximum Gasteiger partial charge on any atom is 0.236 e. The fourth-order valence-corrected chi connectivity index (χ4v) is 2.15. The maximum atomic E-state index is 12.0. The zero-order valence-corrected chi connectivity index (χ0v) is 11.7. The molecule has 0 aliphatic carbocycles. The zero-order valence-electron chi connectivity index (χ0n) is 11.7. The molecule has 0 bridgehead atoms. The molecule has 0 aromatic heterocycles. The number of nitrogens with one attached hydrogen (secondary N) is 1. The Bertz CT molecular complexity index is 455. The van der Waals surface area contributed by atoms with Gasteiger partial charge in [0.15, 0.2) is 0 Å². The average Bonchev–Trinajstić information content (AvgIpc) is 2.98. The fourth-order valence-electron chi connectivity index (χ4n) is 2.15. The van der Waals surface area contributed by atoms with Gasteiger partial charge in [-0.05, 0) is 25.0 Å². The van der Waals surface area contributed by atoms with Crippen LogP contribution in [0.15, 0.2) is 30.3 Å².